The minimum Gasteiger partial charge on any atom is -0.478 e. The second-order valence-corrected chi connectivity index (χ2v) is 6.63. The Balaban J connectivity index is 3.14. The predicted octanol–water partition coefficient (Wildman–Crippen LogP) is 5.02. The van der Waals surface area contributed by atoms with Gasteiger partial charge in [-0.25, -0.2) is 4.79 Å². The van der Waals surface area contributed by atoms with E-state index in [1.807, 2.05) is 0 Å². The Bertz CT molecular complexity index is 305. The topological polar surface area (TPSA) is 69.6 Å². The SMILES string of the molecule is CCCCCCCC/C=C\CCCCCCCCNC(O)C(=O)O. The predicted molar refractivity (Wildman–Crippen MR) is 101 cm³/mol. The van der Waals surface area contributed by atoms with E-state index in [1.165, 1.54) is 77.0 Å². The average Bonchev–Trinajstić information content (AvgIpc) is 2.57. The molecule has 0 radical (unpaired) electrons. The Morgan fingerprint density at radius 1 is 0.833 bits per heavy atom. The molecule has 0 amide bonds. The number of rotatable bonds is 18. The molecule has 4 heteroatoms. The molecule has 0 saturated carbocycles. The van der Waals surface area contributed by atoms with Crippen LogP contribution in [0.4, 0.5) is 0 Å². The van der Waals surface area contributed by atoms with E-state index < -0.39 is 12.2 Å². The number of carbonyl (C=O) groups is 1. The fraction of sp³-hybridized carbons (Fsp3) is 0.850. The Morgan fingerprint density at radius 2 is 1.29 bits per heavy atom. The maximum atomic E-state index is 10.4. The molecule has 0 fully saturated rings. The molecule has 0 aliphatic rings. The Morgan fingerprint density at radius 3 is 1.79 bits per heavy atom. The van der Waals surface area contributed by atoms with Crippen LogP contribution >= 0.6 is 0 Å². The lowest BCUT2D eigenvalue weighted by Gasteiger charge is -2.07. The summed E-state index contributed by atoms with van der Waals surface area (Å²) >= 11 is 0. The van der Waals surface area contributed by atoms with Crippen LogP contribution in [0.5, 0.6) is 0 Å². The van der Waals surface area contributed by atoms with E-state index in [1.54, 1.807) is 0 Å². The summed E-state index contributed by atoms with van der Waals surface area (Å²) in [5.74, 6) is -1.21. The van der Waals surface area contributed by atoms with Crippen molar-refractivity contribution in [2.45, 2.75) is 103 Å². The second kappa shape index (κ2) is 18.5. The summed E-state index contributed by atoms with van der Waals surface area (Å²) in [6.45, 7) is 2.82. The van der Waals surface area contributed by atoms with E-state index in [-0.39, 0.29) is 0 Å². The van der Waals surface area contributed by atoms with Gasteiger partial charge in [0.2, 0.25) is 6.23 Å². The van der Waals surface area contributed by atoms with Gasteiger partial charge < -0.3 is 10.2 Å². The van der Waals surface area contributed by atoms with Gasteiger partial charge in [0, 0.05) is 0 Å². The number of unbranched alkanes of at least 4 members (excludes halogenated alkanes) is 12. The van der Waals surface area contributed by atoms with Crippen molar-refractivity contribution in [1.82, 2.24) is 5.32 Å². The number of carboxylic acid groups (broad SMARTS) is 1. The smallest absolute Gasteiger partial charge is 0.347 e. The third-order valence-corrected chi connectivity index (χ3v) is 4.26. The number of aliphatic hydroxyl groups excluding tert-OH is 1. The number of hydrogen-bond donors (Lipinski definition) is 3. The van der Waals surface area contributed by atoms with Crippen molar-refractivity contribution in [3.05, 3.63) is 12.2 Å². The Kier molecular flexibility index (Phi) is 17.8. The third-order valence-electron chi connectivity index (χ3n) is 4.26. The highest BCUT2D eigenvalue weighted by atomic mass is 16.4. The number of aliphatic hydroxyl groups is 1. The third kappa shape index (κ3) is 17.5. The van der Waals surface area contributed by atoms with E-state index in [0.29, 0.717) is 6.54 Å². The standard InChI is InChI=1S/C20H39NO3/c1-2-3-4-5-6-7-8-9-10-11-12-13-14-15-16-17-18-21-19(22)20(23)24/h9-10,19,21-22H,2-8,11-18H2,1H3,(H,23,24)/b10-9-. The summed E-state index contributed by atoms with van der Waals surface area (Å²) in [6.07, 6.45) is 20.9. The second-order valence-electron chi connectivity index (χ2n) is 6.63. The number of aliphatic carboxylic acids is 1. The monoisotopic (exact) mass is 341 g/mol. The highest BCUT2D eigenvalue weighted by molar-refractivity contribution is 5.71. The summed E-state index contributed by atoms with van der Waals surface area (Å²) in [4.78, 5) is 10.4. The molecule has 1 unspecified atom stereocenters. The van der Waals surface area contributed by atoms with Crippen LogP contribution in [0.2, 0.25) is 0 Å². The molecule has 0 aliphatic carbocycles. The van der Waals surface area contributed by atoms with Crippen LogP contribution in [-0.2, 0) is 4.79 Å². The number of allylic oxidation sites excluding steroid dienone is 2. The first kappa shape index (κ1) is 23.1. The largest absolute Gasteiger partial charge is 0.478 e. The maximum absolute atomic E-state index is 10.4. The number of carboxylic acids is 1. The Labute approximate surface area is 148 Å². The molecular formula is C20H39NO3. The van der Waals surface area contributed by atoms with Crippen molar-refractivity contribution in [2.24, 2.45) is 0 Å². The molecule has 0 aliphatic heterocycles. The first-order chi connectivity index (χ1) is 11.7. The Hall–Kier alpha value is -0.870. The van der Waals surface area contributed by atoms with Crippen molar-refractivity contribution >= 4 is 5.97 Å². The summed E-state index contributed by atoms with van der Waals surface area (Å²) in [5, 5.41) is 20.1. The minimum absolute atomic E-state index is 0.564. The molecule has 0 saturated heterocycles. The molecule has 142 valence electrons. The van der Waals surface area contributed by atoms with Gasteiger partial charge in [-0.3, -0.25) is 5.32 Å². The average molecular weight is 342 g/mol. The van der Waals surface area contributed by atoms with Gasteiger partial charge in [-0.2, -0.15) is 0 Å². The van der Waals surface area contributed by atoms with Crippen LogP contribution in [-0.4, -0.2) is 29.0 Å². The fourth-order valence-electron chi connectivity index (χ4n) is 2.70. The summed E-state index contributed by atoms with van der Waals surface area (Å²) in [5.41, 5.74) is 0. The molecule has 4 nitrogen and oxygen atoms in total. The zero-order valence-corrected chi connectivity index (χ0v) is 15.6. The van der Waals surface area contributed by atoms with Crippen molar-refractivity contribution in [3.63, 3.8) is 0 Å². The van der Waals surface area contributed by atoms with Gasteiger partial charge in [0.15, 0.2) is 0 Å². The number of nitrogens with one attached hydrogen (secondary N) is 1. The van der Waals surface area contributed by atoms with E-state index >= 15 is 0 Å². The van der Waals surface area contributed by atoms with E-state index in [9.17, 15) is 4.79 Å². The van der Waals surface area contributed by atoms with Crippen LogP contribution in [0.15, 0.2) is 12.2 Å². The molecule has 0 aromatic heterocycles. The zero-order valence-electron chi connectivity index (χ0n) is 15.6. The van der Waals surface area contributed by atoms with Crippen molar-refractivity contribution in [3.8, 4) is 0 Å². The molecule has 0 spiro atoms. The molecule has 24 heavy (non-hydrogen) atoms. The van der Waals surface area contributed by atoms with Gasteiger partial charge >= 0.3 is 5.97 Å². The van der Waals surface area contributed by atoms with Gasteiger partial charge in [0.25, 0.3) is 0 Å². The first-order valence-electron chi connectivity index (χ1n) is 9.97. The molecule has 0 rings (SSSR count). The van der Waals surface area contributed by atoms with E-state index in [0.717, 1.165) is 12.8 Å². The van der Waals surface area contributed by atoms with Gasteiger partial charge in [-0.05, 0) is 38.6 Å². The van der Waals surface area contributed by atoms with Crippen LogP contribution in [0.25, 0.3) is 0 Å². The van der Waals surface area contributed by atoms with Crippen LogP contribution in [0.3, 0.4) is 0 Å². The highest BCUT2D eigenvalue weighted by Crippen LogP contribution is 2.09. The molecule has 0 heterocycles. The van der Waals surface area contributed by atoms with Crippen molar-refractivity contribution < 1.29 is 15.0 Å². The lowest BCUT2D eigenvalue weighted by Crippen LogP contribution is -2.36. The van der Waals surface area contributed by atoms with Crippen molar-refractivity contribution in [2.75, 3.05) is 6.54 Å². The van der Waals surface area contributed by atoms with Crippen LogP contribution in [0, 0.1) is 0 Å². The first-order valence-corrected chi connectivity index (χ1v) is 9.97. The quantitative estimate of drug-likeness (QED) is 0.186. The maximum Gasteiger partial charge on any atom is 0.347 e. The summed E-state index contributed by atoms with van der Waals surface area (Å²) in [6, 6.07) is 0. The van der Waals surface area contributed by atoms with Gasteiger partial charge in [-0.15, -0.1) is 0 Å². The lowest BCUT2D eigenvalue weighted by molar-refractivity contribution is -0.148. The molecule has 3 N–H and O–H groups in total. The lowest BCUT2D eigenvalue weighted by atomic mass is 10.1. The molecule has 1 atom stereocenters. The van der Waals surface area contributed by atoms with E-state index in [4.69, 9.17) is 10.2 Å². The fourth-order valence-corrected chi connectivity index (χ4v) is 2.70. The molecule has 0 aromatic rings. The summed E-state index contributed by atoms with van der Waals surface area (Å²) < 4.78 is 0. The van der Waals surface area contributed by atoms with Crippen molar-refractivity contribution in [1.29, 1.82) is 0 Å². The number of hydrogen-bond acceptors (Lipinski definition) is 3. The summed E-state index contributed by atoms with van der Waals surface area (Å²) in [7, 11) is 0. The highest BCUT2D eigenvalue weighted by Gasteiger charge is 2.10. The molecule has 0 bridgehead atoms. The molecule has 0 aromatic carbocycles. The van der Waals surface area contributed by atoms with Crippen LogP contribution < -0.4 is 5.32 Å². The molecular weight excluding hydrogens is 302 g/mol. The van der Waals surface area contributed by atoms with Crippen LogP contribution in [0.1, 0.15) is 96.8 Å². The minimum atomic E-state index is -1.42. The van der Waals surface area contributed by atoms with Gasteiger partial charge in [0.1, 0.15) is 0 Å². The normalized spacial score (nSPS) is 12.8. The van der Waals surface area contributed by atoms with Gasteiger partial charge in [-0.1, -0.05) is 76.9 Å². The zero-order chi connectivity index (χ0) is 17.9. The van der Waals surface area contributed by atoms with Gasteiger partial charge in [0.05, 0.1) is 0 Å². The van der Waals surface area contributed by atoms with E-state index in [2.05, 4.69) is 24.4 Å².